The van der Waals surface area contributed by atoms with Crippen LogP contribution >= 0.6 is 11.8 Å². The number of thioether (sulfide) groups is 1. The van der Waals surface area contributed by atoms with Gasteiger partial charge in [0.15, 0.2) is 11.8 Å². The molecule has 1 fully saturated rings. The van der Waals surface area contributed by atoms with Crippen LogP contribution in [0.2, 0.25) is 0 Å². The van der Waals surface area contributed by atoms with Crippen molar-refractivity contribution < 1.29 is 28.5 Å². The number of amides is 2. The summed E-state index contributed by atoms with van der Waals surface area (Å²) in [6.45, 7) is 9.03. The average Bonchev–Trinajstić information content (AvgIpc) is 3.43. The number of fused-ring (bicyclic) bond motifs is 2. The Balaban J connectivity index is 1.41. The molecule has 0 bridgehead atoms. The summed E-state index contributed by atoms with van der Waals surface area (Å²) < 4.78 is 15.9. The fourth-order valence-corrected chi connectivity index (χ4v) is 7.43. The van der Waals surface area contributed by atoms with Crippen molar-refractivity contribution in [1.82, 2.24) is 14.9 Å². The van der Waals surface area contributed by atoms with Crippen molar-refractivity contribution in [3.63, 3.8) is 0 Å². The van der Waals surface area contributed by atoms with E-state index in [1.165, 1.54) is 16.7 Å². The van der Waals surface area contributed by atoms with Crippen LogP contribution in [0.25, 0.3) is 5.70 Å². The Morgan fingerprint density at radius 2 is 1.66 bits per heavy atom. The number of hydrogen-bond donors (Lipinski definition) is 1. The number of nitrogens with one attached hydrogen (secondary N) is 1. The summed E-state index contributed by atoms with van der Waals surface area (Å²) in [5.74, 6) is 0.0385. The molecule has 4 heterocycles. The molecule has 3 atom stereocenters. The van der Waals surface area contributed by atoms with E-state index >= 15 is 0 Å². The van der Waals surface area contributed by atoms with Crippen LogP contribution in [-0.2, 0) is 25.6 Å². The molecule has 0 saturated carbocycles. The summed E-state index contributed by atoms with van der Waals surface area (Å²) in [5, 5.41) is 2.03. The van der Waals surface area contributed by atoms with Crippen molar-refractivity contribution in [3.8, 4) is 0 Å². The molecule has 2 amide bonds. The minimum atomic E-state index is -0.835. The average molecular weight is 617 g/mol. The van der Waals surface area contributed by atoms with Gasteiger partial charge in [-0.2, -0.15) is 9.36 Å². The summed E-state index contributed by atoms with van der Waals surface area (Å²) in [5.41, 5.74) is 1.77. The van der Waals surface area contributed by atoms with Crippen LogP contribution < -0.4 is 14.9 Å². The predicted octanol–water partition coefficient (Wildman–Crippen LogP) is 4.31. The first-order valence-corrected chi connectivity index (χ1v) is 15.8. The number of ether oxygens (including phenoxy) is 2. The van der Waals surface area contributed by atoms with Crippen molar-refractivity contribution in [1.29, 1.82) is 0 Å². The molecule has 2 aromatic carbocycles. The van der Waals surface area contributed by atoms with Crippen LogP contribution in [0.1, 0.15) is 51.3 Å². The van der Waals surface area contributed by atoms with Gasteiger partial charge in [0.25, 0.3) is 11.7 Å². The quantitative estimate of drug-likeness (QED) is 0.251. The van der Waals surface area contributed by atoms with Gasteiger partial charge in [0.1, 0.15) is 29.3 Å². The lowest BCUT2D eigenvalue weighted by atomic mass is 10.0. The van der Waals surface area contributed by atoms with Crippen molar-refractivity contribution in [3.05, 3.63) is 89.8 Å². The fraction of sp³-hybridized carbons (Fsp3) is 0.394. The Morgan fingerprint density at radius 1 is 1.02 bits per heavy atom. The van der Waals surface area contributed by atoms with E-state index < -0.39 is 35.2 Å². The van der Waals surface area contributed by atoms with Crippen molar-refractivity contribution in [2.24, 2.45) is 0 Å². The van der Waals surface area contributed by atoms with Gasteiger partial charge in [-0.25, -0.2) is 9.59 Å². The minimum absolute atomic E-state index is 0.185. The van der Waals surface area contributed by atoms with E-state index in [-0.39, 0.29) is 16.9 Å². The van der Waals surface area contributed by atoms with Gasteiger partial charge >= 0.3 is 12.1 Å². The number of esters is 1. The van der Waals surface area contributed by atoms with Gasteiger partial charge in [-0.15, -0.1) is 11.8 Å². The maximum Gasteiger partial charge on any atom is 0.408 e. The Bertz CT molecular complexity index is 1560. The molecule has 230 valence electrons. The number of alkyl carbamates (subject to hydrolysis) is 1. The van der Waals surface area contributed by atoms with Gasteiger partial charge in [0, 0.05) is 12.5 Å². The van der Waals surface area contributed by atoms with E-state index in [0.29, 0.717) is 5.70 Å². The third-order valence-electron chi connectivity index (χ3n) is 7.94. The summed E-state index contributed by atoms with van der Waals surface area (Å²) in [4.78, 5) is 44.6. The molecule has 3 aliphatic rings. The first-order chi connectivity index (χ1) is 21.0. The molecule has 1 unspecified atom stereocenters. The lowest BCUT2D eigenvalue weighted by molar-refractivity contribution is -0.757. The molecule has 3 aliphatic heterocycles. The normalized spacial score (nSPS) is 21.4. The number of benzene rings is 2. The van der Waals surface area contributed by atoms with Crippen molar-refractivity contribution in [2.45, 2.75) is 69.0 Å². The predicted molar refractivity (Wildman–Crippen MR) is 167 cm³/mol. The number of rotatable bonds is 6. The third kappa shape index (κ3) is 5.56. The standard InChI is InChI=1S/C33H37N5O5S/c1-21-26(37-20-17-24-35(5)18-12-19-36(24)37)27(38-29(39)25(30(38)44-21)34-32(41)43-33(2,3)4)31(40)42-28(22-13-8-6-9-14-22)23-15-10-7-11-16-23/h6-11,13-17,20-21,25,28,30H,12,18-19H2,1-5H3/p+1/t21?,25-,30-/m1/s1. The molecule has 6 rings (SSSR count). The number of anilines is 1. The van der Waals surface area contributed by atoms with Gasteiger partial charge in [0.2, 0.25) is 0 Å². The van der Waals surface area contributed by atoms with Crippen LogP contribution in [0, 0.1) is 0 Å². The Morgan fingerprint density at radius 3 is 2.27 bits per heavy atom. The van der Waals surface area contributed by atoms with Crippen LogP contribution in [0.15, 0.2) is 78.6 Å². The van der Waals surface area contributed by atoms with Crippen molar-refractivity contribution >= 4 is 41.2 Å². The first kappa shape index (κ1) is 29.8. The summed E-state index contributed by atoms with van der Waals surface area (Å²) in [7, 11) is 2.05. The Kier molecular flexibility index (Phi) is 7.91. The maximum atomic E-state index is 14.5. The fourth-order valence-electron chi connectivity index (χ4n) is 5.99. The van der Waals surface area contributed by atoms with E-state index in [9.17, 15) is 14.4 Å². The summed E-state index contributed by atoms with van der Waals surface area (Å²) >= 11 is 1.52. The van der Waals surface area contributed by atoms with E-state index in [4.69, 9.17) is 9.47 Å². The molecule has 1 N–H and O–H groups in total. The van der Waals surface area contributed by atoms with Crippen LogP contribution in [0.5, 0.6) is 0 Å². The zero-order valence-electron chi connectivity index (χ0n) is 25.6. The highest BCUT2D eigenvalue weighted by Gasteiger charge is 2.57. The molecule has 0 radical (unpaired) electrons. The van der Waals surface area contributed by atoms with Crippen LogP contribution in [-0.4, -0.2) is 63.4 Å². The molecular formula is C33H38N5O5S+. The molecule has 11 heteroatoms. The summed E-state index contributed by atoms with van der Waals surface area (Å²) in [6, 6.07) is 20.3. The molecule has 10 nitrogen and oxygen atoms in total. The van der Waals surface area contributed by atoms with Crippen LogP contribution in [0.3, 0.4) is 0 Å². The smallest absolute Gasteiger partial charge is 0.408 e. The lowest BCUT2D eigenvalue weighted by Crippen LogP contribution is -2.71. The first-order valence-electron chi connectivity index (χ1n) is 14.9. The monoisotopic (exact) mass is 616 g/mol. The molecule has 44 heavy (non-hydrogen) atoms. The highest BCUT2D eigenvalue weighted by molar-refractivity contribution is 8.01. The van der Waals surface area contributed by atoms with Gasteiger partial charge < -0.3 is 14.8 Å². The second-order valence-corrected chi connectivity index (χ2v) is 13.7. The minimum Gasteiger partial charge on any atom is -0.448 e. The lowest BCUT2D eigenvalue weighted by Gasteiger charge is -2.51. The molecule has 0 spiro atoms. The largest absolute Gasteiger partial charge is 0.448 e. The van der Waals surface area contributed by atoms with Gasteiger partial charge in [0.05, 0.1) is 25.0 Å². The second kappa shape index (κ2) is 11.7. The van der Waals surface area contributed by atoms with E-state index in [1.807, 2.05) is 91.6 Å². The number of carbonyl (C=O) groups is 3. The molecule has 3 aromatic rings. The Hall–Kier alpha value is -4.25. The van der Waals surface area contributed by atoms with Gasteiger partial charge in [-0.1, -0.05) is 60.7 Å². The topological polar surface area (TPSA) is 97.0 Å². The zero-order chi connectivity index (χ0) is 31.2. The number of hydrogen-bond acceptors (Lipinski definition) is 7. The number of carbonyl (C=O) groups excluding carboxylic acids is 3. The molecule has 1 aromatic heterocycles. The molecule has 0 aliphatic carbocycles. The van der Waals surface area contributed by atoms with E-state index in [1.54, 1.807) is 20.8 Å². The number of β-lactam (4-membered cyclic amide) rings is 1. The van der Waals surface area contributed by atoms with Gasteiger partial charge in [-0.3, -0.25) is 14.6 Å². The highest BCUT2D eigenvalue weighted by atomic mass is 32.2. The summed E-state index contributed by atoms with van der Waals surface area (Å²) in [6.07, 6.45) is 1.54. The molecule has 1 saturated heterocycles. The maximum absolute atomic E-state index is 14.5. The number of aromatic nitrogens is 2. The third-order valence-corrected chi connectivity index (χ3v) is 9.33. The second-order valence-electron chi connectivity index (χ2n) is 12.3. The zero-order valence-corrected chi connectivity index (χ0v) is 26.4. The van der Waals surface area contributed by atoms with Crippen LogP contribution in [0.4, 0.5) is 10.6 Å². The number of nitrogens with zero attached hydrogens (tertiary/aromatic N) is 4. The molecular weight excluding hydrogens is 578 g/mol. The Labute approximate surface area is 261 Å². The van der Waals surface area contributed by atoms with Crippen molar-refractivity contribution in [2.75, 3.05) is 18.5 Å². The van der Waals surface area contributed by atoms with E-state index in [2.05, 4.69) is 14.9 Å². The highest BCUT2D eigenvalue weighted by Crippen LogP contribution is 2.46. The SMILES string of the molecule is CC1S[C@@H]2[C@H](NC(=O)OC(C)(C)C)C(=O)N2C(C(=O)OC(c2ccccc2)c2ccccc2)=C1n1ccc2[n+]1CCCN2C. The van der Waals surface area contributed by atoms with Gasteiger partial charge in [-0.05, 0) is 38.8 Å². The van der Waals surface area contributed by atoms with E-state index in [0.717, 1.165) is 36.5 Å².